The summed E-state index contributed by atoms with van der Waals surface area (Å²) in [4.78, 5) is 12.2. The van der Waals surface area contributed by atoms with E-state index in [2.05, 4.69) is 42.7 Å². The van der Waals surface area contributed by atoms with Crippen molar-refractivity contribution in [3.8, 4) is 0 Å². The average molecular weight is 296 g/mol. The third kappa shape index (κ3) is 3.67. The van der Waals surface area contributed by atoms with Gasteiger partial charge in [-0.05, 0) is 55.5 Å². The predicted molar refractivity (Wildman–Crippen MR) is 93.6 cm³/mol. The molecule has 0 spiro atoms. The number of aryl methyl sites for hydroxylation is 3. The van der Waals surface area contributed by atoms with E-state index >= 15 is 0 Å². The highest BCUT2D eigenvalue weighted by Gasteiger charge is 2.08. The van der Waals surface area contributed by atoms with E-state index in [1.807, 2.05) is 32.0 Å². The maximum absolute atomic E-state index is 12.2. The minimum absolute atomic E-state index is 0.0287. The summed E-state index contributed by atoms with van der Waals surface area (Å²) in [5.74, 6) is -0.0287. The number of amides is 1. The molecule has 0 unspecified atom stereocenters. The molecule has 0 saturated carbocycles. The highest BCUT2D eigenvalue weighted by Crippen LogP contribution is 2.21. The van der Waals surface area contributed by atoms with Crippen LogP contribution in [0.3, 0.4) is 0 Å². The zero-order chi connectivity index (χ0) is 16.1. The number of rotatable bonds is 5. The molecule has 3 heteroatoms. The van der Waals surface area contributed by atoms with Crippen molar-refractivity contribution in [1.82, 2.24) is 0 Å². The van der Waals surface area contributed by atoms with Crippen LogP contribution >= 0.6 is 0 Å². The Morgan fingerprint density at radius 3 is 2.41 bits per heavy atom. The number of carbonyl (C=O) groups excluding carboxylic acids is 1. The lowest BCUT2D eigenvalue weighted by molar-refractivity contribution is -0.114. The smallest absolute Gasteiger partial charge is 0.243 e. The van der Waals surface area contributed by atoms with Crippen LogP contribution in [0.5, 0.6) is 0 Å². The number of carbonyl (C=O) groups is 1. The Balaban J connectivity index is 2.03. The molecular formula is C19H24N2O. The van der Waals surface area contributed by atoms with Gasteiger partial charge in [-0.2, -0.15) is 0 Å². The molecule has 0 heterocycles. The molecule has 0 bridgehead atoms. The van der Waals surface area contributed by atoms with Crippen molar-refractivity contribution >= 4 is 17.3 Å². The van der Waals surface area contributed by atoms with Crippen molar-refractivity contribution in [3.63, 3.8) is 0 Å². The second-order valence-corrected chi connectivity index (χ2v) is 5.61. The number of hydrogen-bond acceptors (Lipinski definition) is 2. The van der Waals surface area contributed by atoms with Crippen LogP contribution in [-0.4, -0.2) is 12.5 Å². The summed E-state index contributed by atoms with van der Waals surface area (Å²) in [5, 5.41) is 6.25. The Labute approximate surface area is 132 Å². The molecule has 2 N–H and O–H groups in total. The van der Waals surface area contributed by atoms with Crippen LogP contribution in [0.4, 0.5) is 11.4 Å². The first-order valence-corrected chi connectivity index (χ1v) is 7.71. The zero-order valence-electron chi connectivity index (χ0n) is 13.8. The first-order chi connectivity index (χ1) is 10.5. The minimum Gasteiger partial charge on any atom is -0.376 e. The summed E-state index contributed by atoms with van der Waals surface area (Å²) >= 11 is 0. The molecule has 0 aromatic heterocycles. The van der Waals surface area contributed by atoms with E-state index in [0.29, 0.717) is 0 Å². The molecule has 2 aromatic carbocycles. The van der Waals surface area contributed by atoms with Crippen LogP contribution in [-0.2, 0) is 11.2 Å². The van der Waals surface area contributed by atoms with Crippen molar-refractivity contribution in [3.05, 3.63) is 58.7 Å². The molecule has 0 aliphatic heterocycles. The fourth-order valence-electron chi connectivity index (χ4n) is 2.53. The quantitative estimate of drug-likeness (QED) is 0.867. The van der Waals surface area contributed by atoms with Crippen LogP contribution in [0, 0.1) is 20.8 Å². The van der Waals surface area contributed by atoms with E-state index < -0.39 is 0 Å². The van der Waals surface area contributed by atoms with Crippen LogP contribution in [0.25, 0.3) is 0 Å². The Kier molecular flexibility index (Phi) is 5.21. The van der Waals surface area contributed by atoms with E-state index in [9.17, 15) is 4.79 Å². The van der Waals surface area contributed by atoms with E-state index in [1.165, 1.54) is 16.7 Å². The fourth-order valence-corrected chi connectivity index (χ4v) is 2.53. The maximum atomic E-state index is 12.2. The molecule has 0 saturated heterocycles. The first-order valence-electron chi connectivity index (χ1n) is 7.71. The van der Waals surface area contributed by atoms with Gasteiger partial charge in [0.25, 0.3) is 0 Å². The van der Waals surface area contributed by atoms with Crippen LogP contribution < -0.4 is 10.6 Å². The molecule has 0 fully saturated rings. The van der Waals surface area contributed by atoms with E-state index in [4.69, 9.17) is 0 Å². The van der Waals surface area contributed by atoms with Gasteiger partial charge >= 0.3 is 0 Å². The fraction of sp³-hybridized carbons (Fsp3) is 0.316. The van der Waals surface area contributed by atoms with Gasteiger partial charge in [0.05, 0.1) is 6.54 Å². The topological polar surface area (TPSA) is 41.1 Å². The van der Waals surface area contributed by atoms with Crippen LogP contribution in [0.1, 0.15) is 29.2 Å². The monoisotopic (exact) mass is 296 g/mol. The summed E-state index contributed by atoms with van der Waals surface area (Å²) in [5.41, 5.74) is 6.64. The van der Waals surface area contributed by atoms with E-state index in [1.54, 1.807) is 0 Å². The largest absolute Gasteiger partial charge is 0.376 e. The number of nitrogens with one attached hydrogen (secondary N) is 2. The number of anilines is 2. The molecule has 2 aromatic rings. The summed E-state index contributed by atoms with van der Waals surface area (Å²) in [6.45, 7) is 8.52. The summed E-state index contributed by atoms with van der Waals surface area (Å²) in [7, 11) is 0. The molecular weight excluding hydrogens is 272 g/mol. The first kappa shape index (κ1) is 16.1. The van der Waals surface area contributed by atoms with Gasteiger partial charge in [0.15, 0.2) is 0 Å². The SMILES string of the molecule is CCc1cccc(C)c1NCC(=O)Nc1cccc(C)c1C. The lowest BCUT2D eigenvalue weighted by Gasteiger charge is -2.15. The number of hydrogen-bond donors (Lipinski definition) is 2. The number of para-hydroxylation sites is 1. The molecule has 0 aliphatic rings. The molecule has 3 nitrogen and oxygen atoms in total. The van der Waals surface area contributed by atoms with Crippen molar-refractivity contribution in [2.45, 2.75) is 34.1 Å². The highest BCUT2D eigenvalue weighted by molar-refractivity contribution is 5.94. The van der Waals surface area contributed by atoms with Gasteiger partial charge in [-0.15, -0.1) is 0 Å². The predicted octanol–water partition coefficient (Wildman–Crippen LogP) is 4.22. The summed E-state index contributed by atoms with van der Waals surface area (Å²) < 4.78 is 0. The molecule has 0 atom stereocenters. The minimum atomic E-state index is -0.0287. The second kappa shape index (κ2) is 7.12. The highest BCUT2D eigenvalue weighted by atomic mass is 16.1. The van der Waals surface area contributed by atoms with Crippen molar-refractivity contribution in [2.24, 2.45) is 0 Å². The third-order valence-corrected chi connectivity index (χ3v) is 4.04. The number of benzene rings is 2. The van der Waals surface area contributed by atoms with Gasteiger partial charge in [0.1, 0.15) is 0 Å². The molecule has 116 valence electrons. The Morgan fingerprint density at radius 1 is 1.00 bits per heavy atom. The zero-order valence-corrected chi connectivity index (χ0v) is 13.8. The molecule has 0 radical (unpaired) electrons. The van der Waals surface area contributed by atoms with Crippen LogP contribution in [0.15, 0.2) is 36.4 Å². The van der Waals surface area contributed by atoms with Crippen molar-refractivity contribution < 1.29 is 4.79 Å². The van der Waals surface area contributed by atoms with E-state index in [-0.39, 0.29) is 12.5 Å². The Morgan fingerprint density at radius 2 is 1.68 bits per heavy atom. The summed E-state index contributed by atoms with van der Waals surface area (Å²) in [6.07, 6.45) is 0.947. The molecule has 1 amide bonds. The van der Waals surface area contributed by atoms with Gasteiger partial charge in [-0.3, -0.25) is 4.79 Å². The van der Waals surface area contributed by atoms with Gasteiger partial charge in [0, 0.05) is 11.4 Å². The maximum Gasteiger partial charge on any atom is 0.243 e. The average Bonchev–Trinajstić information content (AvgIpc) is 2.50. The summed E-state index contributed by atoms with van der Waals surface area (Å²) in [6, 6.07) is 12.1. The van der Waals surface area contributed by atoms with E-state index in [0.717, 1.165) is 23.4 Å². The lowest BCUT2D eigenvalue weighted by Crippen LogP contribution is -2.23. The lowest BCUT2D eigenvalue weighted by atomic mass is 10.1. The van der Waals surface area contributed by atoms with Gasteiger partial charge in [-0.1, -0.05) is 37.3 Å². The molecule has 0 aliphatic carbocycles. The van der Waals surface area contributed by atoms with Crippen molar-refractivity contribution in [1.29, 1.82) is 0 Å². The van der Waals surface area contributed by atoms with Gasteiger partial charge in [-0.25, -0.2) is 0 Å². The molecule has 2 rings (SSSR count). The normalized spacial score (nSPS) is 10.4. The molecule has 22 heavy (non-hydrogen) atoms. The van der Waals surface area contributed by atoms with Gasteiger partial charge in [0.2, 0.25) is 5.91 Å². The Bertz CT molecular complexity index is 677. The second-order valence-electron chi connectivity index (χ2n) is 5.61. The standard InChI is InChI=1S/C19H24N2O/c1-5-16-10-6-9-14(3)19(16)20-12-18(22)21-17-11-7-8-13(2)15(17)4/h6-11,20H,5,12H2,1-4H3,(H,21,22). The third-order valence-electron chi connectivity index (χ3n) is 4.04. The van der Waals surface area contributed by atoms with Crippen LogP contribution in [0.2, 0.25) is 0 Å². The van der Waals surface area contributed by atoms with Crippen molar-refractivity contribution in [2.75, 3.05) is 17.2 Å². The van der Waals surface area contributed by atoms with Gasteiger partial charge < -0.3 is 10.6 Å². The Hall–Kier alpha value is -2.29.